The van der Waals surface area contributed by atoms with Crippen molar-refractivity contribution >= 4 is 11.6 Å². The molecule has 0 bridgehead atoms. The first-order valence-electron chi connectivity index (χ1n) is 6.69. The van der Waals surface area contributed by atoms with Gasteiger partial charge in [0, 0.05) is 18.8 Å². The third kappa shape index (κ3) is 3.03. The van der Waals surface area contributed by atoms with Gasteiger partial charge >= 0.3 is 0 Å². The number of aryl methyl sites for hydroxylation is 1. The lowest BCUT2D eigenvalue weighted by Crippen LogP contribution is -2.38. The third-order valence-electron chi connectivity index (χ3n) is 3.78. The van der Waals surface area contributed by atoms with Gasteiger partial charge in [-0.05, 0) is 42.9 Å². The molecule has 2 N–H and O–H groups in total. The summed E-state index contributed by atoms with van der Waals surface area (Å²) in [5.74, 6) is 0.955. The summed E-state index contributed by atoms with van der Waals surface area (Å²) in [6.07, 6.45) is 2.67. The maximum absolute atomic E-state index is 12.2. The van der Waals surface area contributed by atoms with Gasteiger partial charge in [-0.2, -0.15) is 0 Å². The van der Waals surface area contributed by atoms with Crippen LogP contribution in [0.15, 0.2) is 18.2 Å². The number of nitrogen functional groups attached to an aromatic ring is 1. The van der Waals surface area contributed by atoms with E-state index in [9.17, 15) is 4.79 Å². The number of nitrogens with zero attached hydrogens (tertiary/aromatic N) is 1. The van der Waals surface area contributed by atoms with E-state index >= 15 is 0 Å². The van der Waals surface area contributed by atoms with E-state index in [2.05, 4.69) is 6.92 Å². The predicted molar refractivity (Wildman–Crippen MR) is 74.3 cm³/mol. The number of hydrogen-bond acceptors (Lipinski definition) is 2. The quantitative estimate of drug-likeness (QED) is 0.814. The monoisotopic (exact) mass is 246 g/mol. The van der Waals surface area contributed by atoms with Crippen molar-refractivity contribution in [1.29, 1.82) is 0 Å². The highest BCUT2D eigenvalue weighted by Crippen LogP contribution is 2.19. The van der Waals surface area contributed by atoms with Crippen LogP contribution in [0.4, 0.5) is 5.69 Å². The zero-order chi connectivity index (χ0) is 13.1. The summed E-state index contributed by atoms with van der Waals surface area (Å²) in [6, 6.07) is 5.91. The molecule has 1 aromatic rings. The highest BCUT2D eigenvalue weighted by molar-refractivity contribution is 5.80. The van der Waals surface area contributed by atoms with E-state index < -0.39 is 0 Å². The first-order valence-corrected chi connectivity index (χ1v) is 6.69. The fraction of sp³-hybridized carbons (Fsp3) is 0.533. The molecular formula is C15H22N2O. The molecule has 0 radical (unpaired) electrons. The van der Waals surface area contributed by atoms with Gasteiger partial charge in [-0.25, -0.2) is 0 Å². The molecule has 1 fully saturated rings. The van der Waals surface area contributed by atoms with Crippen LogP contribution in [0, 0.1) is 12.8 Å². The number of nitrogens with two attached hydrogens (primary N) is 1. The van der Waals surface area contributed by atoms with Gasteiger partial charge in [-0.1, -0.05) is 19.1 Å². The maximum Gasteiger partial charge on any atom is 0.227 e. The molecule has 0 unspecified atom stereocenters. The second-order valence-corrected chi connectivity index (χ2v) is 5.44. The molecule has 18 heavy (non-hydrogen) atoms. The Balaban J connectivity index is 1.98. The van der Waals surface area contributed by atoms with Gasteiger partial charge in [0.2, 0.25) is 5.91 Å². The van der Waals surface area contributed by atoms with Gasteiger partial charge in [0.1, 0.15) is 0 Å². The van der Waals surface area contributed by atoms with Crippen molar-refractivity contribution in [2.24, 2.45) is 5.92 Å². The molecule has 3 heteroatoms. The lowest BCUT2D eigenvalue weighted by Gasteiger charge is -2.30. The van der Waals surface area contributed by atoms with Crippen molar-refractivity contribution in [3.05, 3.63) is 29.3 Å². The fourth-order valence-corrected chi connectivity index (χ4v) is 2.41. The van der Waals surface area contributed by atoms with E-state index in [0.29, 0.717) is 6.42 Å². The molecular weight excluding hydrogens is 224 g/mol. The highest BCUT2D eigenvalue weighted by Gasteiger charge is 2.20. The summed E-state index contributed by atoms with van der Waals surface area (Å²) in [4.78, 5) is 14.2. The average molecular weight is 246 g/mol. The number of benzene rings is 1. The normalized spacial score (nSPS) is 16.9. The van der Waals surface area contributed by atoms with E-state index in [1.807, 2.05) is 30.0 Å². The number of piperidine rings is 1. The van der Waals surface area contributed by atoms with Crippen LogP contribution >= 0.6 is 0 Å². The standard InChI is InChI=1S/C15H22N2O/c1-11-5-7-17(8-6-11)15(18)10-13-4-3-12(2)9-14(13)16/h3-4,9,11H,5-8,10,16H2,1-2H3. The largest absolute Gasteiger partial charge is 0.398 e. The Labute approximate surface area is 109 Å². The minimum absolute atomic E-state index is 0.206. The molecule has 1 aliphatic heterocycles. The van der Waals surface area contributed by atoms with Gasteiger partial charge in [0.15, 0.2) is 0 Å². The molecule has 1 heterocycles. The van der Waals surface area contributed by atoms with Crippen molar-refractivity contribution in [3.63, 3.8) is 0 Å². The van der Waals surface area contributed by atoms with Crippen LogP contribution in [0.25, 0.3) is 0 Å². The molecule has 1 aliphatic rings. The first-order chi connectivity index (χ1) is 8.56. The van der Waals surface area contributed by atoms with Crippen LogP contribution in [0.5, 0.6) is 0 Å². The average Bonchev–Trinajstić information content (AvgIpc) is 2.33. The molecule has 0 atom stereocenters. The van der Waals surface area contributed by atoms with Crippen molar-refractivity contribution in [2.75, 3.05) is 18.8 Å². The molecule has 1 amide bonds. The van der Waals surface area contributed by atoms with E-state index in [1.54, 1.807) is 0 Å². The molecule has 0 aromatic heterocycles. The smallest absolute Gasteiger partial charge is 0.227 e. The number of anilines is 1. The molecule has 3 nitrogen and oxygen atoms in total. The van der Waals surface area contributed by atoms with Crippen molar-refractivity contribution in [1.82, 2.24) is 4.90 Å². The number of carbonyl (C=O) groups excluding carboxylic acids is 1. The Morgan fingerprint density at radius 1 is 1.39 bits per heavy atom. The summed E-state index contributed by atoms with van der Waals surface area (Å²) < 4.78 is 0. The van der Waals surface area contributed by atoms with E-state index in [1.165, 1.54) is 0 Å². The lowest BCUT2D eigenvalue weighted by molar-refractivity contribution is -0.131. The second kappa shape index (κ2) is 5.42. The lowest BCUT2D eigenvalue weighted by atomic mass is 9.98. The van der Waals surface area contributed by atoms with Gasteiger partial charge in [0.05, 0.1) is 6.42 Å². The van der Waals surface area contributed by atoms with Crippen molar-refractivity contribution in [3.8, 4) is 0 Å². The number of amides is 1. The van der Waals surface area contributed by atoms with Crippen molar-refractivity contribution < 1.29 is 4.79 Å². The number of hydrogen-bond donors (Lipinski definition) is 1. The summed E-state index contributed by atoms with van der Waals surface area (Å²) in [5.41, 5.74) is 8.76. The van der Waals surface area contributed by atoms with Crippen LogP contribution in [0.1, 0.15) is 30.9 Å². The van der Waals surface area contributed by atoms with E-state index in [-0.39, 0.29) is 5.91 Å². The summed E-state index contributed by atoms with van der Waals surface area (Å²) in [6.45, 7) is 6.05. The van der Waals surface area contributed by atoms with E-state index in [4.69, 9.17) is 5.73 Å². The molecule has 0 spiro atoms. The SMILES string of the molecule is Cc1ccc(CC(=O)N2CCC(C)CC2)c(N)c1. The number of likely N-dealkylation sites (tertiary alicyclic amines) is 1. The van der Waals surface area contributed by atoms with Crippen LogP contribution in [0.3, 0.4) is 0 Å². The Kier molecular flexibility index (Phi) is 3.90. The van der Waals surface area contributed by atoms with Gasteiger partial charge in [-0.15, -0.1) is 0 Å². The molecule has 1 aromatic carbocycles. The third-order valence-corrected chi connectivity index (χ3v) is 3.78. The van der Waals surface area contributed by atoms with Crippen LogP contribution < -0.4 is 5.73 Å². The van der Waals surface area contributed by atoms with Crippen LogP contribution in [0.2, 0.25) is 0 Å². The zero-order valence-electron chi connectivity index (χ0n) is 11.3. The minimum Gasteiger partial charge on any atom is -0.398 e. The number of rotatable bonds is 2. The summed E-state index contributed by atoms with van der Waals surface area (Å²) in [7, 11) is 0. The Morgan fingerprint density at radius 2 is 2.06 bits per heavy atom. The summed E-state index contributed by atoms with van der Waals surface area (Å²) in [5, 5.41) is 0. The summed E-state index contributed by atoms with van der Waals surface area (Å²) >= 11 is 0. The van der Waals surface area contributed by atoms with Gasteiger partial charge in [0.25, 0.3) is 0 Å². The molecule has 2 rings (SSSR count). The van der Waals surface area contributed by atoms with Crippen LogP contribution in [-0.4, -0.2) is 23.9 Å². The number of carbonyl (C=O) groups is 1. The van der Waals surface area contributed by atoms with Crippen LogP contribution in [-0.2, 0) is 11.2 Å². The van der Waals surface area contributed by atoms with E-state index in [0.717, 1.165) is 48.7 Å². The fourth-order valence-electron chi connectivity index (χ4n) is 2.41. The van der Waals surface area contributed by atoms with Gasteiger partial charge in [-0.3, -0.25) is 4.79 Å². The van der Waals surface area contributed by atoms with Gasteiger partial charge < -0.3 is 10.6 Å². The topological polar surface area (TPSA) is 46.3 Å². The molecule has 1 saturated heterocycles. The molecule has 98 valence electrons. The molecule has 0 aliphatic carbocycles. The zero-order valence-corrected chi connectivity index (χ0v) is 11.3. The maximum atomic E-state index is 12.2. The Hall–Kier alpha value is -1.51. The first kappa shape index (κ1) is 12.9. The Bertz CT molecular complexity index is 434. The highest BCUT2D eigenvalue weighted by atomic mass is 16.2. The molecule has 0 saturated carbocycles. The minimum atomic E-state index is 0.206. The van der Waals surface area contributed by atoms with Crippen molar-refractivity contribution in [2.45, 2.75) is 33.1 Å². The Morgan fingerprint density at radius 3 is 2.67 bits per heavy atom. The predicted octanol–water partition coefficient (Wildman–Crippen LogP) is 2.38. The second-order valence-electron chi connectivity index (χ2n) is 5.44.